The molecule has 0 radical (unpaired) electrons. The minimum atomic E-state index is -5.97. The van der Waals surface area contributed by atoms with E-state index in [1.807, 2.05) is 4.90 Å². The normalized spacial score (nSPS) is 17.2. The molecule has 3 rings (SSSR count). The van der Waals surface area contributed by atoms with Crippen molar-refractivity contribution in [2.24, 2.45) is 0 Å². The van der Waals surface area contributed by atoms with Crippen LogP contribution in [-0.4, -0.2) is 72.6 Å². The fourth-order valence-corrected chi connectivity index (χ4v) is 4.56. The molecule has 0 bridgehead atoms. The van der Waals surface area contributed by atoms with Crippen LogP contribution >= 0.6 is 0 Å². The molecule has 0 unspecified atom stereocenters. The zero-order valence-corrected chi connectivity index (χ0v) is 18.7. The first kappa shape index (κ1) is 26.3. The Kier molecular flexibility index (Phi) is 6.97. The van der Waals surface area contributed by atoms with Crippen LogP contribution in [0.25, 0.3) is 11.1 Å². The van der Waals surface area contributed by atoms with Gasteiger partial charge in [0.2, 0.25) is 10.0 Å². The van der Waals surface area contributed by atoms with Gasteiger partial charge in [-0.3, -0.25) is 4.90 Å². The van der Waals surface area contributed by atoms with Crippen LogP contribution in [0.2, 0.25) is 0 Å². The predicted molar refractivity (Wildman–Crippen MR) is 111 cm³/mol. The van der Waals surface area contributed by atoms with Crippen LogP contribution in [-0.2, 0) is 22.2 Å². The summed E-state index contributed by atoms with van der Waals surface area (Å²) in [5, 5.41) is 19.9. The molecule has 34 heavy (non-hydrogen) atoms. The number of alkyl halides is 6. The van der Waals surface area contributed by atoms with Gasteiger partial charge in [-0.15, -0.1) is 0 Å². The summed E-state index contributed by atoms with van der Waals surface area (Å²) in [6.45, 7) is 1.86. The summed E-state index contributed by atoms with van der Waals surface area (Å²) in [6.07, 6.45) is -10.8. The van der Waals surface area contributed by atoms with Crippen molar-refractivity contribution in [1.29, 1.82) is 0 Å². The predicted octanol–water partition coefficient (Wildman–Crippen LogP) is 3.45. The second kappa shape index (κ2) is 9.02. The molecule has 1 heterocycles. The lowest BCUT2D eigenvalue weighted by Crippen LogP contribution is -2.53. The van der Waals surface area contributed by atoms with Gasteiger partial charge in [0.05, 0.1) is 6.26 Å². The maximum Gasteiger partial charge on any atom is 0.430 e. The second-order valence-electron chi connectivity index (χ2n) is 8.06. The fourth-order valence-electron chi connectivity index (χ4n) is 3.73. The molecule has 0 spiro atoms. The molecule has 0 aromatic heterocycles. The van der Waals surface area contributed by atoms with Gasteiger partial charge >= 0.3 is 12.4 Å². The molecule has 0 aliphatic carbocycles. The molecule has 1 saturated heterocycles. The van der Waals surface area contributed by atoms with E-state index in [2.05, 4.69) is 0 Å². The molecule has 2 N–H and O–H groups in total. The topological polar surface area (TPSA) is 81.1 Å². The number of hydrogen-bond donors (Lipinski definition) is 2. The van der Waals surface area contributed by atoms with Crippen LogP contribution in [0.1, 0.15) is 11.1 Å². The Hall–Kier alpha value is -2.35. The van der Waals surface area contributed by atoms with Gasteiger partial charge in [-0.25, -0.2) is 8.42 Å². The van der Waals surface area contributed by atoms with E-state index in [4.69, 9.17) is 0 Å². The summed E-state index contributed by atoms with van der Waals surface area (Å²) in [7, 11) is -3.28. The quantitative estimate of drug-likeness (QED) is 0.600. The fraction of sp³-hybridized carbons (Fsp3) is 0.429. The van der Waals surface area contributed by atoms with Crippen LogP contribution in [0.3, 0.4) is 0 Å². The zero-order valence-electron chi connectivity index (χ0n) is 17.9. The number of phenolic OH excluding ortho intramolecular Hbond substituents is 1. The highest BCUT2D eigenvalue weighted by atomic mass is 32.2. The van der Waals surface area contributed by atoms with Crippen molar-refractivity contribution >= 4 is 10.0 Å². The summed E-state index contributed by atoms with van der Waals surface area (Å²) in [5.74, 6) is -0.130. The molecule has 6 nitrogen and oxygen atoms in total. The Balaban J connectivity index is 1.76. The van der Waals surface area contributed by atoms with E-state index in [9.17, 15) is 45.0 Å². The van der Waals surface area contributed by atoms with Crippen LogP contribution in [0.5, 0.6) is 5.75 Å². The minimum absolute atomic E-state index is 0.130. The number of aromatic hydroxyl groups is 1. The highest BCUT2D eigenvalue weighted by molar-refractivity contribution is 7.88. The molecule has 13 heteroatoms. The molecule has 1 aliphatic rings. The lowest BCUT2D eigenvalue weighted by molar-refractivity contribution is -0.376. The smallest absolute Gasteiger partial charge is 0.430 e. The zero-order chi connectivity index (χ0) is 25.5. The average Bonchev–Trinajstić information content (AvgIpc) is 2.73. The number of piperazine rings is 1. The first-order valence-corrected chi connectivity index (χ1v) is 11.8. The molecule has 1 fully saturated rings. The van der Waals surface area contributed by atoms with Gasteiger partial charge in [0.1, 0.15) is 5.75 Å². The third-order valence-electron chi connectivity index (χ3n) is 5.74. The van der Waals surface area contributed by atoms with Gasteiger partial charge in [-0.1, -0.05) is 36.4 Å². The summed E-state index contributed by atoms with van der Waals surface area (Å²) >= 11 is 0. The van der Waals surface area contributed by atoms with E-state index < -0.39 is 33.5 Å². The number of halogens is 6. The van der Waals surface area contributed by atoms with E-state index in [0.29, 0.717) is 56.0 Å². The molecule has 188 valence electrons. The Morgan fingerprint density at radius 3 is 1.79 bits per heavy atom. The monoisotopic (exact) mass is 512 g/mol. The molecule has 0 amide bonds. The van der Waals surface area contributed by atoms with E-state index >= 15 is 0 Å². The number of phenols is 1. The van der Waals surface area contributed by atoms with Crippen molar-refractivity contribution in [1.82, 2.24) is 9.21 Å². The van der Waals surface area contributed by atoms with Gasteiger partial charge in [0, 0.05) is 43.9 Å². The molecule has 1 aliphatic heterocycles. The third kappa shape index (κ3) is 5.16. The molecule has 2 aromatic carbocycles. The lowest BCUT2D eigenvalue weighted by atomic mass is 9.90. The van der Waals surface area contributed by atoms with Crippen LogP contribution in [0, 0.1) is 0 Å². The Bertz CT molecular complexity index is 1110. The Morgan fingerprint density at radius 1 is 0.853 bits per heavy atom. The Morgan fingerprint density at radius 2 is 1.35 bits per heavy atom. The number of rotatable bonds is 5. The van der Waals surface area contributed by atoms with E-state index in [-0.39, 0.29) is 11.3 Å². The first-order chi connectivity index (χ1) is 15.5. The van der Waals surface area contributed by atoms with Crippen molar-refractivity contribution in [2.45, 2.75) is 24.5 Å². The van der Waals surface area contributed by atoms with Gasteiger partial charge in [-0.2, -0.15) is 30.6 Å². The standard InChI is InChI=1S/C21H22F6N2O4S/c1-34(32,33)29-10-8-28(9-11-29)13-16-3-2-15(12-18(16)30)14-4-6-17(7-5-14)19(31,20(22,23)24)21(25,26)27/h2-7,12,30-31H,8-11,13H2,1H3. The molecular weight excluding hydrogens is 490 g/mol. The first-order valence-electron chi connectivity index (χ1n) is 10.00. The number of aliphatic hydroxyl groups is 1. The SMILES string of the molecule is CS(=O)(=O)N1CCN(Cc2ccc(-c3ccc(C(O)(C(F)(F)F)C(F)(F)F)cc3)cc2O)CC1. The van der Waals surface area contributed by atoms with Crippen LogP contribution < -0.4 is 0 Å². The van der Waals surface area contributed by atoms with Crippen molar-refractivity contribution in [2.75, 3.05) is 32.4 Å². The second-order valence-corrected chi connectivity index (χ2v) is 10.0. The van der Waals surface area contributed by atoms with Gasteiger partial charge in [0.15, 0.2) is 0 Å². The van der Waals surface area contributed by atoms with Crippen molar-refractivity contribution < 1.29 is 45.0 Å². The summed E-state index contributed by atoms with van der Waals surface area (Å²) in [4.78, 5) is 1.94. The van der Waals surface area contributed by atoms with Crippen LogP contribution in [0.4, 0.5) is 26.3 Å². The molecule has 0 atom stereocenters. The maximum atomic E-state index is 13.0. The minimum Gasteiger partial charge on any atom is -0.508 e. The lowest BCUT2D eigenvalue weighted by Gasteiger charge is -2.33. The van der Waals surface area contributed by atoms with Crippen molar-refractivity contribution in [3.63, 3.8) is 0 Å². The summed E-state index contributed by atoms with van der Waals surface area (Å²) in [5.41, 5.74) is -5.27. The highest BCUT2D eigenvalue weighted by Gasteiger charge is 2.71. The Labute approximate surface area is 192 Å². The van der Waals surface area contributed by atoms with E-state index in [1.165, 1.54) is 10.4 Å². The number of benzene rings is 2. The van der Waals surface area contributed by atoms with Crippen molar-refractivity contribution in [3.05, 3.63) is 53.6 Å². The van der Waals surface area contributed by atoms with Gasteiger partial charge in [-0.05, 0) is 17.2 Å². The third-order valence-corrected chi connectivity index (χ3v) is 7.04. The average molecular weight is 512 g/mol. The van der Waals surface area contributed by atoms with Gasteiger partial charge in [0.25, 0.3) is 5.60 Å². The number of sulfonamides is 1. The molecular formula is C21H22F6N2O4S. The highest BCUT2D eigenvalue weighted by Crippen LogP contribution is 2.50. The largest absolute Gasteiger partial charge is 0.508 e. The number of hydrogen-bond acceptors (Lipinski definition) is 5. The number of nitrogens with zero attached hydrogens (tertiary/aromatic N) is 2. The summed E-state index contributed by atoms with van der Waals surface area (Å²) < 4.78 is 103. The summed E-state index contributed by atoms with van der Waals surface area (Å²) in [6, 6.07) is 7.54. The molecule has 2 aromatic rings. The maximum absolute atomic E-state index is 13.0. The van der Waals surface area contributed by atoms with Crippen LogP contribution in [0.15, 0.2) is 42.5 Å². The van der Waals surface area contributed by atoms with E-state index in [1.54, 1.807) is 12.1 Å². The van der Waals surface area contributed by atoms with Crippen molar-refractivity contribution in [3.8, 4) is 16.9 Å². The van der Waals surface area contributed by atoms with Gasteiger partial charge < -0.3 is 10.2 Å². The molecule has 0 saturated carbocycles. The van der Waals surface area contributed by atoms with E-state index in [0.717, 1.165) is 18.4 Å².